The van der Waals surface area contributed by atoms with Crippen LogP contribution in [0.3, 0.4) is 0 Å². The molecule has 114 valence electrons. The molecule has 1 aromatic rings. The van der Waals surface area contributed by atoms with Crippen molar-refractivity contribution >= 4 is 11.9 Å². The third-order valence-corrected chi connectivity index (χ3v) is 5.39. The minimum Gasteiger partial charge on any atom is -0.463 e. The van der Waals surface area contributed by atoms with Crippen molar-refractivity contribution in [1.29, 1.82) is 0 Å². The molecule has 4 rings (SSSR count). The van der Waals surface area contributed by atoms with Gasteiger partial charge in [0.05, 0.1) is 13.0 Å². The van der Waals surface area contributed by atoms with Gasteiger partial charge in [-0.1, -0.05) is 30.3 Å². The second-order valence-corrected chi connectivity index (χ2v) is 6.38. The lowest BCUT2D eigenvalue weighted by Crippen LogP contribution is -2.36. The predicted molar refractivity (Wildman–Crippen MR) is 78.6 cm³/mol. The van der Waals surface area contributed by atoms with E-state index in [0.717, 1.165) is 30.4 Å². The normalized spacial score (nSPS) is 32.7. The number of rotatable bonds is 2. The summed E-state index contributed by atoms with van der Waals surface area (Å²) < 4.78 is 10.3. The van der Waals surface area contributed by atoms with E-state index in [-0.39, 0.29) is 23.6 Å². The number of benzene rings is 1. The van der Waals surface area contributed by atoms with E-state index in [1.807, 2.05) is 30.3 Å². The van der Waals surface area contributed by atoms with Crippen molar-refractivity contribution < 1.29 is 19.1 Å². The number of ether oxygens (including phenoxy) is 2. The van der Waals surface area contributed by atoms with E-state index in [1.54, 1.807) is 0 Å². The van der Waals surface area contributed by atoms with Gasteiger partial charge >= 0.3 is 11.9 Å². The van der Waals surface area contributed by atoms with E-state index < -0.39 is 5.97 Å². The zero-order valence-corrected chi connectivity index (χ0v) is 12.5. The number of esters is 2. The molecule has 4 heteroatoms. The lowest BCUT2D eigenvalue weighted by Gasteiger charge is -2.36. The average Bonchev–Trinajstić information content (AvgIpc) is 3.16. The molecule has 4 nitrogen and oxygen atoms in total. The second-order valence-electron chi connectivity index (χ2n) is 6.38. The van der Waals surface area contributed by atoms with Crippen LogP contribution in [0.25, 0.3) is 0 Å². The van der Waals surface area contributed by atoms with Crippen molar-refractivity contribution in [3.05, 3.63) is 47.2 Å². The van der Waals surface area contributed by atoms with Gasteiger partial charge in [0, 0.05) is 5.92 Å². The minimum atomic E-state index is -0.521. The lowest BCUT2D eigenvalue weighted by molar-refractivity contribution is -0.154. The minimum absolute atomic E-state index is 0.0940. The standard InChI is InChI=1S/C18H18O4/c1-21-18(20)16-14-12-8-7-11(9-12)13(14)15(17(19)22-16)10-5-3-2-4-6-10/h2-6,11-13,15H,7-9H2,1H3/t11?,12-,13+,15+/m0/s1. The molecule has 2 bridgehead atoms. The van der Waals surface area contributed by atoms with Gasteiger partial charge in [0.1, 0.15) is 0 Å². The molecular formula is C18H18O4. The summed E-state index contributed by atoms with van der Waals surface area (Å²) in [6.07, 6.45) is 3.26. The Morgan fingerprint density at radius 2 is 2.00 bits per heavy atom. The summed E-state index contributed by atoms with van der Waals surface area (Å²) in [7, 11) is 1.33. The van der Waals surface area contributed by atoms with E-state index in [1.165, 1.54) is 7.11 Å². The van der Waals surface area contributed by atoms with Gasteiger partial charge in [-0.15, -0.1) is 0 Å². The SMILES string of the molecule is COC(=O)C1=C2[C@H]3CCC(C3)[C@H]2[C@@H](c2ccccc2)C(=O)O1. The molecule has 0 amide bonds. The quantitative estimate of drug-likeness (QED) is 0.788. The Morgan fingerprint density at radius 1 is 1.23 bits per heavy atom. The van der Waals surface area contributed by atoms with Gasteiger partial charge < -0.3 is 9.47 Å². The predicted octanol–water partition coefficient (Wildman–Crippen LogP) is 2.80. The van der Waals surface area contributed by atoms with Crippen LogP contribution in [0.2, 0.25) is 0 Å². The first-order valence-electron chi connectivity index (χ1n) is 7.79. The van der Waals surface area contributed by atoms with Gasteiger partial charge in [-0.05, 0) is 42.2 Å². The molecule has 4 atom stereocenters. The molecule has 2 fully saturated rings. The van der Waals surface area contributed by atoms with E-state index in [0.29, 0.717) is 11.8 Å². The van der Waals surface area contributed by atoms with Crippen LogP contribution in [0.1, 0.15) is 30.7 Å². The second kappa shape index (κ2) is 4.97. The van der Waals surface area contributed by atoms with E-state index in [9.17, 15) is 9.59 Å². The average molecular weight is 298 g/mol. The molecule has 0 saturated heterocycles. The third kappa shape index (κ3) is 1.83. The number of carbonyl (C=O) groups is 2. The maximum Gasteiger partial charge on any atom is 0.374 e. The van der Waals surface area contributed by atoms with E-state index in [2.05, 4.69) is 0 Å². The molecule has 0 N–H and O–H groups in total. The highest BCUT2D eigenvalue weighted by Gasteiger charge is 2.55. The maximum absolute atomic E-state index is 12.6. The number of allylic oxidation sites excluding steroid dienone is 1. The van der Waals surface area contributed by atoms with Crippen LogP contribution in [0.5, 0.6) is 0 Å². The van der Waals surface area contributed by atoms with Crippen molar-refractivity contribution in [2.24, 2.45) is 17.8 Å². The first-order chi connectivity index (χ1) is 10.7. The van der Waals surface area contributed by atoms with Crippen LogP contribution >= 0.6 is 0 Å². The number of fused-ring (bicyclic) bond motifs is 5. The monoisotopic (exact) mass is 298 g/mol. The van der Waals surface area contributed by atoms with Gasteiger partial charge in [0.25, 0.3) is 0 Å². The van der Waals surface area contributed by atoms with Crippen molar-refractivity contribution in [3.63, 3.8) is 0 Å². The number of hydrogen-bond acceptors (Lipinski definition) is 4. The first kappa shape index (κ1) is 13.6. The highest BCUT2D eigenvalue weighted by molar-refractivity contribution is 5.94. The Hall–Kier alpha value is -2.10. The summed E-state index contributed by atoms with van der Waals surface area (Å²) in [5.41, 5.74) is 2.00. The maximum atomic E-state index is 12.6. The summed E-state index contributed by atoms with van der Waals surface area (Å²) in [6.45, 7) is 0. The lowest BCUT2D eigenvalue weighted by atomic mass is 9.71. The highest BCUT2D eigenvalue weighted by atomic mass is 16.6. The molecule has 1 heterocycles. The fourth-order valence-corrected chi connectivity index (χ4v) is 4.57. The van der Waals surface area contributed by atoms with Crippen molar-refractivity contribution in [2.45, 2.75) is 25.2 Å². The Kier molecular flexibility index (Phi) is 3.06. The third-order valence-electron chi connectivity index (χ3n) is 5.39. The molecule has 1 aliphatic heterocycles. The fraction of sp³-hybridized carbons (Fsp3) is 0.444. The Bertz CT molecular complexity index is 661. The Labute approximate surface area is 129 Å². The number of carbonyl (C=O) groups excluding carboxylic acids is 2. The van der Waals surface area contributed by atoms with Crippen LogP contribution < -0.4 is 0 Å². The Balaban J connectivity index is 1.83. The van der Waals surface area contributed by atoms with Gasteiger partial charge in [-0.25, -0.2) is 4.79 Å². The smallest absolute Gasteiger partial charge is 0.374 e. The molecule has 1 unspecified atom stereocenters. The summed E-state index contributed by atoms with van der Waals surface area (Å²) in [5, 5.41) is 0. The van der Waals surface area contributed by atoms with Crippen molar-refractivity contribution in [2.75, 3.05) is 7.11 Å². The molecule has 0 radical (unpaired) electrons. The van der Waals surface area contributed by atoms with Gasteiger partial charge in [-0.3, -0.25) is 4.79 Å². The zero-order chi connectivity index (χ0) is 15.3. The summed E-state index contributed by atoms with van der Waals surface area (Å²) in [5.74, 6) is -0.0466. The summed E-state index contributed by atoms with van der Waals surface area (Å²) in [4.78, 5) is 24.6. The zero-order valence-electron chi connectivity index (χ0n) is 12.5. The Morgan fingerprint density at radius 3 is 2.73 bits per heavy atom. The van der Waals surface area contributed by atoms with Crippen molar-refractivity contribution in [3.8, 4) is 0 Å². The van der Waals surface area contributed by atoms with Crippen LogP contribution in [0, 0.1) is 17.8 Å². The molecule has 2 aliphatic carbocycles. The number of cyclic esters (lactones) is 1. The molecule has 0 spiro atoms. The van der Waals surface area contributed by atoms with Gasteiger partial charge in [0.2, 0.25) is 5.76 Å². The van der Waals surface area contributed by atoms with Gasteiger partial charge in [-0.2, -0.15) is 0 Å². The number of methoxy groups -OCH3 is 1. The van der Waals surface area contributed by atoms with Crippen LogP contribution in [0.4, 0.5) is 0 Å². The highest BCUT2D eigenvalue weighted by Crippen LogP contribution is 2.59. The molecule has 1 aromatic carbocycles. The summed E-state index contributed by atoms with van der Waals surface area (Å²) >= 11 is 0. The summed E-state index contributed by atoms with van der Waals surface area (Å²) in [6, 6.07) is 9.76. The van der Waals surface area contributed by atoms with Crippen LogP contribution in [-0.4, -0.2) is 19.0 Å². The molecular weight excluding hydrogens is 280 g/mol. The largest absolute Gasteiger partial charge is 0.463 e. The van der Waals surface area contributed by atoms with Crippen LogP contribution in [-0.2, 0) is 19.1 Å². The van der Waals surface area contributed by atoms with Gasteiger partial charge in [0.15, 0.2) is 0 Å². The number of hydrogen-bond donors (Lipinski definition) is 0. The fourth-order valence-electron chi connectivity index (χ4n) is 4.57. The van der Waals surface area contributed by atoms with E-state index >= 15 is 0 Å². The molecule has 0 aromatic heterocycles. The molecule has 22 heavy (non-hydrogen) atoms. The van der Waals surface area contributed by atoms with Crippen molar-refractivity contribution in [1.82, 2.24) is 0 Å². The van der Waals surface area contributed by atoms with E-state index in [4.69, 9.17) is 9.47 Å². The molecule has 2 saturated carbocycles. The molecule has 3 aliphatic rings. The van der Waals surface area contributed by atoms with Crippen LogP contribution in [0.15, 0.2) is 41.7 Å². The topological polar surface area (TPSA) is 52.6 Å². The first-order valence-corrected chi connectivity index (χ1v) is 7.79.